The van der Waals surface area contributed by atoms with Crippen molar-refractivity contribution in [3.05, 3.63) is 58.1 Å². The van der Waals surface area contributed by atoms with Crippen molar-refractivity contribution in [1.82, 2.24) is 0 Å². The Kier molecular flexibility index (Phi) is 5.00. The van der Waals surface area contributed by atoms with Crippen LogP contribution in [0.3, 0.4) is 0 Å². The summed E-state index contributed by atoms with van der Waals surface area (Å²) in [6.45, 7) is 8.68. The fourth-order valence-electron chi connectivity index (χ4n) is 2.17. The van der Waals surface area contributed by atoms with E-state index in [-0.39, 0.29) is 5.41 Å². The highest BCUT2D eigenvalue weighted by atomic mass is 79.9. The first-order chi connectivity index (χ1) is 9.81. The molecule has 0 aliphatic rings. The van der Waals surface area contributed by atoms with Gasteiger partial charge in [-0.2, -0.15) is 0 Å². The molecule has 21 heavy (non-hydrogen) atoms. The zero-order valence-corrected chi connectivity index (χ0v) is 15.2. The zero-order chi connectivity index (χ0) is 15.6. The largest absolute Gasteiger partial charge is 0.457 e. The molecule has 0 saturated heterocycles. The minimum Gasteiger partial charge on any atom is -0.457 e. The van der Waals surface area contributed by atoms with E-state index in [0.29, 0.717) is 5.02 Å². The minimum absolute atomic E-state index is 0.0223. The number of alkyl halides is 1. The fourth-order valence-corrected chi connectivity index (χ4v) is 2.80. The van der Waals surface area contributed by atoms with Gasteiger partial charge in [0.2, 0.25) is 0 Å². The molecule has 0 bridgehead atoms. The Balaban J connectivity index is 2.47. The van der Waals surface area contributed by atoms with Crippen LogP contribution in [-0.4, -0.2) is 0 Å². The van der Waals surface area contributed by atoms with E-state index in [9.17, 15) is 0 Å². The van der Waals surface area contributed by atoms with E-state index in [1.54, 1.807) is 0 Å². The summed E-state index contributed by atoms with van der Waals surface area (Å²) in [5.41, 5.74) is 3.54. The molecule has 0 amide bonds. The van der Waals surface area contributed by atoms with Crippen LogP contribution < -0.4 is 4.74 Å². The van der Waals surface area contributed by atoms with Gasteiger partial charge in [-0.15, -0.1) is 0 Å². The van der Waals surface area contributed by atoms with Crippen molar-refractivity contribution in [2.75, 3.05) is 0 Å². The van der Waals surface area contributed by atoms with E-state index in [2.05, 4.69) is 55.8 Å². The molecule has 0 aliphatic carbocycles. The molecule has 0 N–H and O–H groups in total. The average Bonchev–Trinajstić information content (AvgIpc) is 2.40. The predicted molar refractivity (Wildman–Crippen MR) is 94.0 cm³/mol. The van der Waals surface area contributed by atoms with Gasteiger partial charge in [0.05, 0.1) is 0 Å². The van der Waals surface area contributed by atoms with Gasteiger partial charge in [-0.05, 0) is 30.5 Å². The van der Waals surface area contributed by atoms with Crippen molar-refractivity contribution >= 4 is 27.5 Å². The van der Waals surface area contributed by atoms with E-state index in [4.69, 9.17) is 16.3 Å². The second-order valence-electron chi connectivity index (χ2n) is 6.24. The van der Waals surface area contributed by atoms with Gasteiger partial charge in [-0.1, -0.05) is 72.1 Å². The van der Waals surface area contributed by atoms with Crippen LogP contribution in [0.1, 0.15) is 37.5 Å². The maximum atomic E-state index is 6.18. The van der Waals surface area contributed by atoms with Gasteiger partial charge in [0.25, 0.3) is 0 Å². The Morgan fingerprint density at radius 1 is 1.05 bits per heavy atom. The topological polar surface area (TPSA) is 9.23 Å². The van der Waals surface area contributed by atoms with Crippen molar-refractivity contribution in [3.8, 4) is 11.5 Å². The number of rotatable bonds is 3. The number of ether oxygens (including phenoxy) is 1. The molecule has 2 aromatic rings. The minimum atomic E-state index is 0.0223. The van der Waals surface area contributed by atoms with Gasteiger partial charge in [0.15, 0.2) is 0 Å². The Hall–Kier alpha value is -0.990. The van der Waals surface area contributed by atoms with Crippen LogP contribution in [0.25, 0.3) is 0 Å². The third-order valence-corrected chi connectivity index (χ3v) is 4.18. The second-order valence-corrected chi connectivity index (χ2v) is 7.23. The van der Waals surface area contributed by atoms with E-state index < -0.39 is 0 Å². The van der Waals surface area contributed by atoms with E-state index in [1.165, 1.54) is 11.1 Å². The number of hydrogen-bond donors (Lipinski definition) is 0. The third-order valence-electron chi connectivity index (χ3n) is 3.34. The van der Waals surface area contributed by atoms with Gasteiger partial charge >= 0.3 is 0 Å². The normalized spacial score (nSPS) is 11.5. The van der Waals surface area contributed by atoms with Gasteiger partial charge < -0.3 is 4.74 Å². The summed E-state index contributed by atoms with van der Waals surface area (Å²) in [4.78, 5) is 0. The van der Waals surface area contributed by atoms with Crippen molar-refractivity contribution < 1.29 is 4.74 Å². The maximum Gasteiger partial charge on any atom is 0.132 e. The average molecular weight is 368 g/mol. The van der Waals surface area contributed by atoms with E-state index in [0.717, 1.165) is 22.4 Å². The smallest absolute Gasteiger partial charge is 0.132 e. The number of aryl methyl sites for hydroxylation is 1. The lowest BCUT2D eigenvalue weighted by atomic mass is 9.85. The monoisotopic (exact) mass is 366 g/mol. The third kappa shape index (κ3) is 4.02. The second kappa shape index (κ2) is 6.41. The molecule has 0 radical (unpaired) electrons. The summed E-state index contributed by atoms with van der Waals surface area (Å²) in [5, 5.41) is 1.41. The van der Waals surface area contributed by atoms with Gasteiger partial charge in [-0.3, -0.25) is 0 Å². The Morgan fingerprint density at radius 2 is 1.76 bits per heavy atom. The molecule has 112 valence electrons. The number of benzene rings is 2. The molecule has 0 aliphatic heterocycles. The molecule has 0 saturated carbocycles. The van der Waals surface area contributed by atoms with Crippen molar-refractivity contribution in [2.24, 2.45) is 0 Å². The summed E-state index contributed by atoms with van der Waals surface area (Å²) in [6.07, 6.45) is 0. The van der Waals surface area contributed by atoms with Crippen LogP contribution in [0, 0.1) is 6.92 Å². The Bertz CT molecular complexity index is 644. The van der Waals surface area contributed by atoms with Crippen LogP contribution in [-0.2, 0) is 10.7 Å². The number of hydrogen-bond acceptors (Lipinski definition) is 1. The SMILES string of the molecule is Cc1ccc(Oc2cc(Cl)ccc2CBr)c(C(C)(C)C)c1. The van der Waals surface area contributed by atoms with Crippen LogP contribution in [0.5, 0.6) is 11.5 Å². The lowest BCUT2D eigenvalue weighted by Crippen LogP contribution is -2.13. The molecular formula is C18H20BrClO. The van der Waals surface area contributed by atoms with Crippen LogP contribution in [0.15, 0.2) is 36.4 Å². The standard InChI is InChI=1S/C18H20BrClO/c1-12-5-8-16(15(9-12)18(2,3)4)21-17-10-14(20)7-6-13(17)11-19/h5-10H,11H2,1-4H3. The highest BCUT2D eigenvalue weighted by Gasteiger charge is 2.20. The van der Waals surface area contributed by atoms with E-state index in [1.807, 2.05) is 24.3 Å². The summed E-state index contributed by atoms with van der Waals surface area (Å²) >= 11 is 9.59. The Labute approximate surface area is 140 Å². The van der Waals surface area contributed by atoms with Crippen LogP contribution >= 0.6 is 27.5 Å². The molecule has 0 atom stereocenters. The summed E-state index contributed by atoms with van der Waals surface area (Å²) in [6, 6.07) is 12.0. The molecular weight excluding hydrogens is 348 g/mol. The quantitative estimate of drug-likeness (QED) is 0.553. The molecule has 2 aromatic carbocycles. The van der Waals surface area contributed by atoms with Crippen molar-refractivity contribution in [3.63, 3.8) is 0 Å². The summed E-state index contributed by atoms with van der Waals surface area (Å²) < 4.78 is 6.18. The van der Waals surface area contributed by atoms with Crippen molar-refractivity contribution in [2.45, 2.75) is 38.4 Å². The highest BCUT2D eigenvalue weighted by Crippen LogP contribution is 2.37. The molecule has 0 heterocycles. The van der Waals surface area contributed by atoms with E-state index >= 15 is 0 Å². The first-order valence-electron chi connectivity index (χ1n) is 6.94. The zero-order valence-electron chi connectivity index (χ0n) is 12.8. The molecule has 0 fully saturated rings. The van der Waals surface area contributed by atoms with Crippen LogP contribution in [0.2, 0.25) is 5.02 Å². The molecule has 1 nitrogen and oxygen atoms in total. The van der Waals surface area contributed by atoms with Gasteiger partial charge in [0.1, 0.15) is 11.5 Å². The first-order valence-corrected chi connectivity index (χ1v) is 8.44. The van der Waals surface area contributed by atoms with Crippen molar-refractivity contribution in [1.29, 1.82) is 0 Å². The van der Waals surface area contributed by atoms with Gasteiger partial charge in [0, 0.05) is 21.5 Å². The first kappa shape index (κ1) is 16.4. The summed E-state index contributed by atoms with van der Waals surface area (Å²) in [5.74, 6) is 1.69. The molecule has 0 aromatic heterocycles. The summed E-state index contributed by atoms with van der Waals surface area (Å²) in [7, 11) is 0. The van der Waals surface area contributed by atoms with Gasteiger partial charge in [-0.25, -0.2) is 0 Å². The molecule has 2 rings (SSSR count). The molecule has 0 unspecified atom stereocenters. The lowest BCUT2D eigenvalue weighted by Gasteiger charge is -2.24. The molecule has 0 spiro atoms. The number of halogens is 2. The molecule has 3 heteroatoms. The lowest BCUT2D eigenvalue weighted by molar-refractivity contribution is 0.452. The highest BCUT2D eigenvalue weighted by molar-refractivity contribution is 9.08. The maximum absolute atomic E-state index is 6.18. The fraction of sp³-hybridized carbons (Fsp3) is 0.333. The predicted octanol–water partition coefficient (Wildman–Crippen LogP) is 6.63. The van der Waals surface area contributed by atoms with Crippen LogP contribution in [0.4, 0.5) is 0 Å². The Morgan fingerprint density at radius 3 is 2.38 bits per heavy atom.